The SMILES string of the molecule is CC(C)(CCC(=O)NC1C(=O)NCC1C(=O)O)NC(=O)OCC1c2ccccc2-c2ccccc21. The molecule has 9 heteroatoms. The summed E-state index contributed by atoms with van der Waals surface area (Å²) in [6.07, 6.45) is -0.305. The van der Waals surface area contributed by atoms with Crippen LogP contribution in [-0.4, -0.2) is 53.7 Å². The zero-order valence-corrected chi connectivity index (χ0v) is 19.7. The lowest BCUT2D eigenvalue weighted by Gasteiger charge is -2.26. The Hall–Kier alpha value is -3.88. The summed E-state index contributed by atoms with van der Waals surface area (Å²) in [5, 5.41) is 16.9. The van der Waals surface area contributed by atoms with E-state index in [1.807, 2.05) is 36.4 Å². The van der Waals surface area contributed by atoms with Gasteiger partial charge in [-0.05, 0) is 42.5 Å². The average Bonchev–Trinajstić information content (AvgIpc) is 3.34. The molecule has 1 heterocycles. The van der Waals surface area contributed by atoms with Crippen molar-refractivity contribution in [3.05, 3.63) is 59.7 Å². The van der Waals surface area contributed by atoms with Crippen molar-refractivity contribution < 1.29 is 29.0 Å². The minimum Gasteiger partial charge on any atom is -0.481 e. The van der Waals surface area contributed by atoms with E-state index in [-0.39, 0.29) is 31.9 Å². The summed E-state index contributed by atoms with van der Waals surface area (Å²) in [5.41, 5.74) is 3.76. The molecule has 2 aromatic carbocycles. The molecule has 0 aromatic heterocycles. The molecule has 4 rings (SSSR count). The van der Waals surface area contributed by atoms with Gasteiger partial charge in [0.25, 0.3) is 0 Å². The molecule has 2 aromatic rings. The number of nitrogens with one attached hydrogen (secondary N) is 3. The molecule has 4 N–H and O–H groups in total. The predicted molar refractivity (Wildman–Crippen MR) is 128 cm³/mol. The maximum absolute atomic E-state index is 12.6. The Labute approximate surface area is 203 Å². The molecule has 0 spiro atoms. The molecule has 2 aliphatic rings. The molecule has 1 fully saturated rings. The lowest BCUT2D eigenvalue weighted by molar-refractivity contribution is -0.143. The maximum atomic E-state index is 12.6. The summed E-state index contributed by atoms with van der Waals surface area (Å²) in [6.45, 7) is 3.70. The van der Waals surface area contributed by atoms with Crippen LogP contribution in [0.3, 0.4) is 0 Å². The summed E-state index contributed by atoms with van der Waals surface area (Å²) in [6, 6.07) is 15.0. The van der Waals surface area contributed by atoms with Gasteiger partial charge in [0, 0.05) is 24.4 Å². The van der Waals surface area contributed by atoms with Crippen LogP contribution in [-0.2, 0) is 19.1 Å². The van der Waals surface area contributed by atoms with E-state index in [4.69, 9.17) is 4.74 Å². The number of carboxylic acid groups (broad SMARTS) is 1. The summed E-state index contributed by atoms with van der Waals surface area (Å²) in [7, 11) is 0. The molecule has 9 nitrogen and oxygen atoms in total. The highest BCUT2D eigenvalue weighted by Crippen LogP contribution is 2.44. The highest BCUT2D eigenvalue weighted by Gasteiger charge is 2.40. The second-order valence-corrected chi connectivity index (χ2v) is 9.57. The molecule has 2 unspecified atom stereocenters. The summed E-state index contributed by atoms with van der Waals surface area (Å²) < 4.78 is 5.58. The van der Waals surface area contributed by atoms with Crippen LogP contribution in [0.4, 0.5) is 4.79 Å². The maximum Gasteiger partial charge on any atom is 0.407 e. The predicted octanol–water partition coefficient (Wildman–Crippen LogP) is 2.40. The van der Waals surface area contributed by atoms with Gasteiger partial charge in [0.2, 0.25) is 11.8 Å². The number of amides is 3. The quantitative estimate of drug-likeness (QED) is 0.459. The van der Waals surface area contributed by atoms with Crippen molar-refractivity contribution >= 4 is 23.9 Å². The molecule has 35 heavy (non-hydrogen) atoms. The number of benzene rings is 2. The molecule has 1 aliphatic heterocycles. The minimum absolute atomic E-state index is 0.00672. The van der Waals surface area contributed by atoms with E-state index >= 15 is 0 Å². The van der Waals surface area contributed by atoms with Crippen LogP contribution >= 0.6 is 0 Å². The standard InChI is InChI=1S/C26H29N3O6/c1-26(2,12-11-21(30)28-22-19(24(32)33)13-27-23(22)31)29-25(34)35-14-20-17-9-5-3-7-15(17)16-8-4-6-10-18(16)20/h3-10,19-20,22H,11-14H2,1-2H3,(H,27,31)(H,28,30)(H,29,34)(H,32,33). The van der Waals surface area contributed by atoms with Gasteiger partial charge in [0.15, 0.2) is 0 Å². The Morgan fingerprint density at radius 2 is 1.66 bits per heavy atom. The molecule has 1 aliphatic carbocycles. The van der Waals surface area contributed by atoms with Gasteiger partial charge in [-0.3, -0.25) is 14.4 Å². The van der Waals surface area contributed by atoms with Gasteiger partial charge in [0.05, 0.1) is 0 Å². The second-order valence-electron chi connectivity index (χ2n) is 9.57. The average molecular weight is 480 g/mol. The van der Waals surface area contributed by atoms with Crippen molar-refractivity contribution in [1.29, 1.82) is 0 Å². The molecular weight excluding hydrogens is 450 g/mol. The topological polar surface area (TPSA) is 134 Å². The van der Waals surface area contributed by atoms with Gasteiger partial charge in [-0.25, -0.2) is 4.79 Å². The van der Waals surface area contributed by atoms with Gasteiger partial charge in [-0.2, -0.15) is 0 Å². The number of carbonyl (C=O) groups excluding carboxylic acids is 3. The Bertz CT molecular complexity index is 1120. The largest absolute Gasteiger partial charge is 0.481 e. The van der Waals surface area contributed by atoms with Gasteiger partial charge >= 0.3 is 12.1 Å². The van der Waals surface area contributed by atoms with Crippen LogP contribution < -0.4 is 16.0 Å². The van der Waals surface area contributed by atoms with E-state index in [1.54, 1.807) is 13.8 Å². The number of aliphatic carboxylic acids is 1. The third kappa shape index (κ3) is 5.29. The van der Waals surface area contributed by atoms with E-state index in [9.17, 15) is 24.3 Å². The number of rotatable bonds is 8. The van der Waals surface area contributed by atoms with Gasteiger partial charge < -0.3 is 25.8 Å². The zero-order valence-electron chi connectivity index (χ0n) is 19.7. The normalized spacial score (nSPS) is 18.9. The Kier molecular flexibility index (Phi) is 6.77. The van der Waals surface area contributed by atoms with Crippen LogP contribution in [0.1, 0.15) is 43.7 Å². The molecule has 184 valence electrons. The van der Waals surface area contributed by atoms with E-state index in [2.05, 4.69) is 28.1 Å². The smallest absolute Gasteiger partial charge is 0.407 e. The van der Waals surface area contributed by atoms with Crippen molar-refractivity contribution in [2.75, 3.05) is 13.2 Å². The molecule has 0 saturated carbocycles. The number of hydrogen-bond donors (Lipinski definition) is 4. The molecule has 0 radical (unpaired) electrons. The fourth-order valence-corrected chi connectivity index (χ4v) is 4.66. The summed E-state index contributed by atoms with van der Waals surface area (Å²) >= 11 is 0. The first-order chi connectivity index (χ1) is 16.7. The van der Waals surface area contributed by atoms with Gasteiger partial charge in [-0.1, -0.05) is 48.5 Å². The van der Waals surface area contributed by atoms with Crippen molar-refractivity contribution in [2.45, 2.75) is 44.2 Å². The lowest BCUT2D eigenvalue weighted by Crippen LogP contribution is -2.47. The highest BCUT2D eigenvalue weighted by molar-refractivity contribution is 5.94. The number of hydrogen-bond acceptors (Lipinski definition) is 5. The van der Waals surface area contributed by atoms with Crippen LogP contribution in [0.5, 0.6) is 0 Å². The number of alkyl carbamates (subject to hydrolysis) is 1. The second kappa shape index (κ2) is 9.77. The number of ether oxygens (including phenoxy) is 1. The zero-order chi connectivity index (χ0) is 25.2. The number of carbonyl (C=O) groups is 4. The molecular formula is C26H29N3O6. The van der Waals surface area contributed by atoms with Crippen molar-refractivity contribution in [3.8, 4) is 11.1 Å². The Morgan fingerprint density at radius 3 is 2.26 bits per heavy atom. The molecule has 1 saturated heterocycles. The Morgan fingerprint density at radius 1 is 1.06 bits per heavy atom. The lowest BCUT2D eigenvalue weighted by atomic mass is 9.97. The molecule has 0 bridgehead atoms. The molecule has 3 amide bonds. The van der Waals surface area contributed by atoms with E-state index < -0.39 is 41.4 Å². The minimum atomic E-state index is -1.15. The van der Waals surface area contributed by atoms with Crippen LogP contribution in [0, 0.1) is 5.92 Å². The van der Waals surface area contributed by atoms with Gasteiger partial charge in [-0.15, -0.1) is 0 Å². The summed E-state index contributed by atoms with van der Waals surface area (Å²) in [4.78, 5) is 48.0. The molecule has 2 atom stereocenters. The summed E-state index contributed by atoms with van der Waals surface area (Å²) in [5.74, 6) is -3.17. The van der Waals surface area contributed by atoms with Crippen molar-refractivity contribution in [1.82, 2.24) is 16.0 Å². The van der Waals surface area contributed by atoms with E-state index in [0.29, 0.717) is 0 Å². The van der Waals surface area contributed by atoms with Crippen LogP contribution in [0.2, 0.25) is 0 Å². The van der Waals surface area contributed by atoms with Crippen molar-refractivity contribution in [2.24, 2.45) is 5.92 Å². The third-order valence-electron chi connectivity index (χ3n) is 6.58. The first-order valence-corrected chi connectivity index (χ1v) is 11.6. The Balaban J connectivity index is 1.29. The fraction of sp³-hybridized carbons (Fsp3) is 0.385. The monoisotopic (exact) mass is 479 g/mol. The fourth-order valence-electron chi connectivity index (χ4n) is 4.66. The van der Waals surface area contributed by atoms with Crippen LogP contribution in [0.15, 0.2) is 48.5 Å². The van der Waals surface area contributed by atoms with Crippen molar-refractivity contribution in [3.63, 3.8) is 0 Å². The number of carboxylic acids is 1. The number of fused-ring (bicyclic) bond motifs is 3. The first kappa shape index (κ1) is 24.3. The van der Waals surface area contributed by atoms with E-state index in [1.165, 1.54) is 0 Å². The highest BCUT2D eigenvalue weighted by atomic mass is 16.5. The van der Waals surface area contributed by atoms with E-state index in [0.717, 1.165) is 22.3 Å². The van der Waals surface area contributed by atoms with Gasteiger partial charge in [0.1, 0.15) is 18.6 Å². The first-order valence-electron chi connectivity index (χ1n) is 11.6. The third-order valence-corrected chi connectivity index (χ3v) is 6.58. The van der Waals surface area contributed by atoms with Crippen LogP contribution in [0.25, 0.3) is 11.1 Å².